The van der Waals surface area contributed by atoms with E-state index in [0.717, 1.165) is 91.5 Å². The van der Waals surface area contributed by atoms with E-state index in [1.807, 2.05) is 88.1 Å². The Hall–Kier alpha value is -6.24. The number of thiazole rings is 1. The van der Waals surface area contributed by atoms with Crippen LogP contribution in [0.1, 0.15) is 102 Å². The standard InChI is InChI=1S/C55H72N12O5S/c1-33-28-65(45-24-44(62-63-50(45)56)43-9-7-8-10-47(43)69)29-34(2)67(33)54-58-26-41(27-59-54)38-19-21-64(22-20-38)30-37-13-17-40(18-14-37)51(70)61-49(55(4,5)6)53(72)66-31-42(68)23-46(66)52(71)57-25-36-11-15-39(16-12-36)48-35(3)60-32-73-48/h7-12,15-16,24,26-27,32-34,37-38,40,42,46,49,68-69H,13-14,17-23,25,28-31H2,1-6H3,(H2,56,63)(H,57,71)(H,61,70)/t33?,34?,37-,40+,42-,46+,49-/m1/s1. The van der Waals surface area contributed by atoms with E-state index in [-0.39, 0.29) is 61.0 Å². The van der Waals surface area contributed by atoms with Gasteiger partial charge in [0.2, 0.25) is 23.7 Å². The van der Waals surface area contributed by atoms with Crippen molar-refractivity contribution in [2.45, 2.75) is 129 Å². The zero-order valence-electron chi connectivity index (χ0n) is 43.1. The number of aromatic hydroxyl groups is 1. The number of aromatic nitrogens is 5. The van der Waals surface area contributed by atoms with Crippen molar-refractivity contribution in [1.82, 2.24) is 45.6 Å². The number of nitrogens with two attached hydrogens (primary N) is 1. The highest BCUT2D eigenvalue weighted by atomic mass is 32.1. The number of piperidine rings is 1. The van der Waals surface area contributed by atoms with Gasteiger partial charge < -0.3 is 46.2 Å². The Morgan fingerprint density at radius 1 is 0.877 bits per heavy atom. The molecular formula is C55H72N12O5S. The average molecular weight is 1010 g/mol. The van der Waals surface area contributed by atoms with E-state index in [0.29, 0.717) is 42.0 Å². The van der Waals surface area contributed by atoms with Crippen LogP contribution < -0.4 is 26.2 Å². The highest BCUT2D eigenvalue weighted by molar-refractivity contribution is 7.13. The first-order valence-corrected chi connectivity index (χ1v) is 26.9. The SMILES string of the molecule is Cc1ncsc1-c1ccc(CNC(=O)[C@@H]2C[C@@H](O)CN2C(=O)[C@@H](NC(=O)[C@H]2CC[C@@H](CN3CCC(c4cnc(N5C(C)CN(c6cc(-c7ccccc7O)nnc6N)CC5C)nc4)CC3)CC2)C(C)(C)C)cc1. The predicted octanol–water partition coefficient (Wildman–Crippen LogP) is 6.55. The number of aliphatic hydroxyl groups is 1. The summed E-state index contributed by atoms with van der Waals surface area (Å²) in [5, 5.41) is 35.8. The summed E-state index contributed by atoms with van der Waals surface area (Å²) < 4.78 is 0. The van der Waals surface area contributed by atoms with Crippen molar-refractivity contribution in [3.05, 3.63) is 89.3 Å². The van der Waals surface area contributed by atoms with Gasteiger partial charge in [0.15, 0.2) is 5.82 Å². The van der Waals surface area contributed by atoms with Crippen molar-refractivity contribution in [1.29, 1.82) is 0 Å². The van der Waals surface area contributed by atoms with Crippen LogP contribution in [0, 0.1) is 24.2 Å². The number of hydrogen-bond donors (Lipinski definition) is 5. The maximum Gasteiger partial charge on any atom is 0.246 e. The summed E-state index contributed by atoms with van der Waals surface area (Å²) in [6, 6.07) is 15.5. The highest BCUT2D eigenvalue weighted by Crippen LogP contribution is 2.37. The molecule has 3 aliphatic heterocycles. The minimum atomic E-state index is -0.851. The molecule has 6 N–H and O–H groups in total. The summed E-state index contributed by atoms with van der Waals surface area (Å²) in [6.45, 7) is 16.8. The van der Waals surface area contributed by atoms with Crippen molar-refractivity contribution < 1.29 is 24.6 Å². The molecule has 3 amide bonds. The van der Waals surface area contributed by atoms with Crippen molar-refractivity contribution >= 4 is 46.5 Å². The first-order valence-electron chi connectivity index (χ1n) is 26.1. The topological polar surface area (TPSA) is 219 Å². The number of anilines is 3. The lowest BCUT2D eigenvalue weighted by atomic mass is 9.80. The largest absolute Gasteiger partial charge is 0.507 e. The minimum Gasteiger partial charge on any atom is -0.507 e. The molecule has 0 radical (unpaired) electrons. The molecule has 388 valence electrons. The highest BCUT2D eigenvalue weighted by Gasteiger charge is 2.45. The number of piperazine rings is 1. The summed E-state index contributed by atoms with van der Waals surface area (Å²) in [5.41, 5.74) is 13.7. The minimum absolute atomic E-state index is 0.0389. The van der Waals surface area contributed by atoms with Crippen molar-refractivity contribution in [3.63, 3.8) is 0 Å². The molecule has 73 heavy (non-hydrogen) atoms. The van der Waals surface area contributed by atoms with Gasteiger partial charge in [-0.15, -0.1) is 21.5 Å². The van der Waals surface area contributed by atoms with Crippen LogP contribution in [0.3, 0.4) is 0 Å². The molecule has 4 aliphatic rings. The first-order chi connectivity index (χ1) is 35.0. The van der Waals surface area contributed by atoms with Gasteiger partial charge in [-0.2, -0.15) is 0 Å². The van der Waals surface area contributed by atoms with Crippen LogP contribution in [0.25, 0.3) is 21.7 Å². The molecule has 3 saturated heterocycles. The van der Waals surface area contributed by atoms with Gasteiger partial charge in [-0.05, 0) is 125 Å². The third kappa shape index (κ3) is 11.8. The van der Waals surface area contributed by atoms with Gasteiger partial charge >= 0.3 is 0 Å². The summed E-state index contributed by atoms with van der Waals surface area (Å²) in [7, 11) is 0. The Morgan fingerprint density at radius 2 is 1.56 bits per heavy atom. The maximum atomic E-state index is 14.3. The van der Waals surface area contributed by atoms with Gasteiger partial charge in [-0.1, -0.05) is 57.2 Å². The first kappa shape index (κ1) is 51.7. The number of β-amino-alcohol motifs (C(OH)–C–C–N with tert-alkyl or cyclic N) is 1. The van der Waals surface area contributed by atoms with Gasteiger partial charge in [0.1, 0.15) is 17.8 Å². The fourth-order valence-electron chi connectivity index (χ4n) is 11.5. The van der Waals surface area contributed by atoms with E-state index < -0.39 is 23.6 Å². The molecule has 9 rings (SSSR count). The number of carbonyl (C=O) groups excluding carboxylic acids is 3. The van der Waals surface area contributed by atoms with Crippen molar-refractivity contribution in [2.75, 3.05) is 54.8 Å². The number of carbonyl (C=O) groups is 3. The van der Waals surface area contributed by atoms with E-state index in [9.17, 15) is 24.6 Å². The number of nitrogens with zero attached hydrogens (tertiary/aromatic N) is 9. The van der Waals surface area contributed by atoms with E-state index in [2.05, 4.69) is 54.4 Å². The normalized spacial score (nSPS) is 23.6. The van der Waals surface area contributed by atoms with Gasteiger partial charge in [0, 0.05) is 75.1 Å². The average Bonchev–Trinajstić information content (AvgIpc) is 4.00. The van der Waals surface area contributed by atoms with E-state index in [4.69, 9.17) is 15.7 Å². The predicted molar refractivity (Wildman–Crippen MR) is 285 cm³/mol. The second kappa shape index (κ2) is 22.1. The third-order valence-electron chi connectivity index (χ3n) is 15.6. The summed E-state index contributed by atoms with van der Waals surface area (Å²) in [4.78, 5) is 65.7. The number of benzene rings is 2. The number of phenols is 1. The molecule has 17 nitrogen and oxygen atoms in total. The number of aryl methyl sites for hydroxylation is 1. The van der Waals surface area contributed by atoms with Crippen molar-refractivity contribution in [2.24, 2.45) is 17.3 Å². The molecule has 1 saturated carbocycles. The van der Waals surface area contributed by atoms with Crippen LogP contribution in [0.4, 0.5) is 17.5 Å². The number of phenolic OH excluding ortho intramolecular Hbond substituents is 1. The quantitative estimate of drug-likeness (QED) is 0.0845. The number of hydrogen-bond acceptors (Lipinski definition) is 15. The van der Waals surface area contributed by atoms with Crippen LogP contribution in [0.5, 0.6) is 5.75 Å². The second-order valence-electron chi connectivity index (χ2n) is 22.0. The van der Waals surface area contributed by atoms with Crippen molar-refractivity contribution in [3.8, 4) is 27.4 Å². The number of nitrogens with one attached hydrogen (secondary N) is 2. The lowest BCUT2D eigenvalue weighted by Crippen LogP contribution is -2.58. The number of amides is 3. The molecule has 6 heterocycles. The fourth-order valence-corrected chi connectivity index (χ4v) is 12.3. The molecule has 5 aromatic rings. The van der Waals surface area contributed by atoms with Gasteiger partial charge in [-0.3, -0.25) is 14.4 Å². The van der Waals surface area contributed by atoms with Crippen LogP contribution in [0.15, 0.2) is 72.5 Å². The molecular weight excluding hydrogens is 941 g/mol. The van der Waals surface area contributed by atoms with Crippen LogP contribution in [-0.2, 0) is 20.9 Å². The summed E-state index contributed by atoms with van der Waals surface area (Å²) in [5.74, 6) is 1.16. The summed E-state index contributed by atoms with van der Waals surface area (Å²) in [6.07, 6.45) is 8.85. The lowest BCUT2D eigenvalue weighted by Gasteiger charge is -2.45. The second-order valence-corrected chi connectivity index (χ2v) is 22.9. The summed E-state index contributed by atoms with van der Waals surface area (Å²) >= 11 is 1.59. The smallest absolute Gasteiger partial charge is 0.246 e. The molecule has 2 unspecified atom stereocenters. The Balaban J connectivity index is 0.719. The lowest BCUT2D eigenvalue weighted by molar-refractivity contribution is -0.144. The third-order valence-corrected chi connectivity index (χ3v) is 16.6. The van der Waals surface area contributed by atoms with Gasteiger partial charge in [0.05, 0.1) is 33.6 Å². The molecule has 0 spiro atoms. The monoisotopic (exact) mass is 1010 g/mol. The number of likely N-dealkylation sites (tertiary alicyclic amines) is 2. The van der Waals surface area contributed by atoms with Crippen LogP contribution >= 0.6 is 11.3 Å². The zero-order valence-corrected chi connectivity index (χ0v) is 43.9. The molecule has 18 heteroatoms. The molecule has 1 aliphatic carbocycles. The Kier molecular flexibility index (Phi) is 15.6. The Labute approximate surface area is 433 Å². The molecule has 2 aromatic carbocycles. The molecule has 5 atom stereocenters. The molecule has 0 bridgehead atoms. The van der Waals surface area contributed by atoms with E-state index >= 15 is 0 Å². The van der Waals surface area contributed by atoms with Crippen LogP contribution in [0.2, 0.25) is 0 Å². The fraction of sp³-hybridized carbons (Fsp3) is 0.527. The number of aliphatic hydroxyl groups excluding tert-OH is 1. The van der Waals surface area contributed by atoms with Crippen LogP contribution in [-0.4, -0.2) is 132 Å². The maximum absolute atomic E-state index is 14.3. The van der Waals surface area contributed by atoms with Gasteiger partial charge in [-0.25, -0.2) is 15.0 Å². The number of rotatable bonds is 13. The van der Waals surface area contributed by atoms with E-state index in [1.54, 1.807) is 23.5 Å². The van der Waals surface area contributed by atoms with Gasteiger partial charge in [0.25, 0.3) is 0 Å². The van der Waals surface area contributed by atoms with E-state index in [1.165, 1.54) is 10.5 Å². The number of nitrogen functional groups attached to an aromatic ring is 1. The Morgan fingerprint density at radius 3 is 2.21 bits per heavy atom. The molecule has 4 fully saturated rings. The zero-order chi connectivity index (χ0) is 51.6. The Bertz CT molecular complexity index is 2700. The number of para-hydroxylation sites is 1. The molecule has 3 aromatic heterocycles.